The van der Waals surface area contributed by atoms with E-state index in [0.717, 1.165) is 4.90 Å². The highest BCUT2D eigenvalue weighted by atomic mass is 32.2. The minimum absolute atomic E-state index is 0.242. The normalized spacial score (nSPS) is 12.8. The van der Waals surface area contributed by atoms with Crippen LogP contribution in [0.25, 0.3) is 0 Å². The van der Waals surface area contributed by atoms with Crippen LogP contribution in [0.1, 0.15) is 0 Å². The summed E-state index contributed by atoms with van der Waals surface area (Å²) < 4.78 is 12.5. The fourth-order valence-electron chi connectivity index (χ4n) is 0.776. The SMILES string of the molecule is OCC(O)CSc1ccc(F)cc1. The lowest BCUT2D eigenvalue weighted by Crippen LogP contribution is -2.14. The molecule has 72 valence electrons. The van der Waals surface area contributed by atoms with Crippen molar-refractivity contribution in [1.82, 2.24) is 0 Å². The Balaban J connectivity index is 2.41. The third kappa shape index (κ3) is 3.76. The van der Waals surface area contributed by atoms with Crippen LogP contribution >= 0.6 is 11.8 Å². The predicted octanol–water partition coefficient (Wildman–Crippen LogP) is 1.27. The average molecular weight is 202 g/mol. The molecule has 0 fully saturated rings. The second-order valence-electron chi connectivity index (χ2n) is 2.60. The van der Waals surface area contributed by atoms with Crippen LogP contribution in [-0.2, 0) is 0 Å². The van der Waals surface area contributed by atoms with Gasteiger partial charge in [0, 0.05) is 10.6 Å². The smallest absolute Gasteiger partial charge is 0.123 e. The molecule has 2 nitrogen and oxygen atoms in total. The van der Waals surface area contributed by atoms with Crippen molar-refractivity contribution < 1.29 is 14.6 Å². The zero-order valence-corrected chi connectivity index (χ0v) is 7.80. The van der Waals surface area contributed by atoms with Gasteiger partial charge in [-0.2, -0.15) is 0 Å². The highest BCUT2D eigenvalue weighted by Crippen LogP contribution is 2.18. The van der Waals surface area contributed by atoms with Crippen molar-refractivity contribution in [3.05, 3.63) is 30.1 Å². The van der Waals surface area contributed by atoms with Crippen molar-refractivity contribution >= 4 is 11.8 Å². The molecule has 0 radical (unpaired) electrons. The maximum absolute atomic E-state index is 12.5. The Labute approximate surface area is 80.4 Å². The summed E-state index contributed by atoms with van der Waals surface area (Å²) >= 11 is 1.39. The first kappa shape index (κ1) is 10.5. The molecule has 0 spiro atoms. The summed E-state index contributed by atoms with van der Waals surface area (Å²) in [5.41, 5.74) is 0. The highest BCUT2D eigenvalue weighted by Gasteiger charge is 2.02. The van der Waals surface area contributed by atoms with Crippen LogP contribution in [0.3, 0.4) is 0 Å². The zero-order valence-electron chi connectivity index (χ0n) is 6.98. The van der Waals surface area contributed by atoms with Crippen LogP contribution in [0.15, 0.2) is 29.2 Å². The molecule has 1 rings (SSSR count). The molecular weight excluding hydrogens is 191 g/mol. The van der Waals surface area contributed by atoms with Gasteiger partial charge in [0.05, 0.1) is 12.7 Å². The number of aliphatic hydroxyl groups excluding tert-OH is 2. The van der Waals surface area contributed by atoms with Gasteiger partial charge in [0.25, 0.3) is 0 Å². The lowest BCUT2D eigenvalue weighted by atomic mass is 10.4. The molecule has 0 saturated heterocycles. The molecule has 4 heteroatoms. The van der Waals surface area contributed by atoms with E-state index in [-0.39, 0.29) is 12.4 Å². The second-order valence-corrected chi connectivity index (χ2v) is 3.69. The summed E-state index contributed by atoms with van der Waals surface area (Å²) in [7, 11) is 0. The van der Waals surface area contributed by atoms with Crippen molar-refractivity contribution in [1.29, 1.82) is 0 Å². The molecule has 0 aliphatic rings. The molecule has 0 amide bonds. The molecule has 0 aliphatic carbocycles. The van der Waals surface area contributed by atoms with Gasteiger partial charge in [-0.05, 0) is 24.3 Å². The molecule has 13 heavy (non-hydrogen) atoms. The number of thioether (sulfide) groups is 1. The van der Waals surface area contributed by atoms with Crippen LogP contribution in [-0.4, -0.2) is 28.7 Å². The lowest BCUT2D eigenvalue weighted by Gasteiger charge is -2.05. The van der Waals surface area contributed by atoms with Crippen molar-refractivity contribution in [3.8, 4) is 0 Å². The maximum Gasteiger partial charge on any atom is 0.123 e. The molecule has 0 bridgehead atoms. The van der Waals surface area contributed by atoms with Gasteiger partial charge in [-0.1, -0.05) is 0 Å². The van der Waals surface area contributed by atoms with E-state index in [1.54, 1.807) is 12.1 Å². The van der Waals surface area contributed by atoms with E-state index < -0.39 is 6.10 Å². The number of halogens is 1. The molecule has 0 saturated carbocycles. The van der Waals surface area contributed by atoms with E-state index in [4.69, 9.17) is 10.2 Å². The van der Waals surface area contributed by atoms with Crippen molar-refractivity contribution in [2.45, 2.75) is 11.0 Å². The maximum atomic E-state index is 12.5. The Morgan fingerprint density at radius 2 is 1.92 bits per heavy atom. The van der Waals surface area contributed by atoms with Gasteiger partial charge in [0.2, 0.25) is 0 Å². The summed E-state index contributed by atoms with van der Waals surface area (Å²) in [6.07, 6.45) is -0.713. The Hall–Kier alpha value is -0.580. The van der Waals surface area contributed by atoms with Crippen LogP contribution in [0.5, 0.6) is 0 Å². The third-order valence-corrected chi connectivity index (χ3v) is 2.62. The second kappa shape index (κ2) is 5.21. The Morgan fingerprint density at radius 1 is 1.31 bits per heavy atom. The zero-order chi connectivity index (χ0) is 9.68. The van der Waals surface area contributed by atoms with Gasteiger partial charge in [0.15, 0.2) is 0 Å². The molecule has 1 aromatic rings. The summed E-state index contributed by atoms with van der Waals surface area (Å²) in [6.45, 7) is -0.242. The van der Waals surface area contributed by atoms with Gasteiger partial charge in [-0.3, -0.25) is 0 Å². The van der Waals surface area contributed by atoms with Crippen molar-refractivity contribution in [2.24, 2.45) is 0 Å². The Bertz CT molecular complexity index is 250. The molecule has 0 aromatic heterocycles. The van der Waals surface area contributed by atoms with Crippen LogP contribution in [0.4, 0.5) is 4.39 Å². The number of hydrogen-bond acceptors (Lipinski definition) is 3. The molecule has 0 heterocycles. The number of benzene rings is 1. The highest BCUT2D eigenvalue weighted by molar-refractivity contribution is 7.99. The standard InChI is InChI=1S/C9H11FO2S/c10-7-1-3-9(4-2-7)13-6-8(12)5-11/h1-4,8,11-12H,5-6H2. The minimum Gasteiger partial charge on any atom is -0.394 e. The number of aliphatic hydroxyl groups is 2. The average Bonchev–Trinajstić information content (AvgIpc) is 2.16. The summed E-state index contributed by atoms with van der Waals surface area (Å²) in [4.78, 5) is 0.883. The van der Waals surface area contributed by atoms with Gasteiger partial charge in [-0.25, -0.2) is 4.39 Å². The summed E-state index contributed by atoms with van der Waals surface area (Å²) in [5.74, 6) is 0.148. The third-order valence-electron chi connectivity index (χ3n) is 1.47. The Kier molecular flexibility index (Phi) is 4.21. The lowest BCUT2D eigenvalue weighted by molar-refractivity contribution is 0.113. The molecule has 1 atom stereocenters. The van der Waals surface area contributed by atoms with E-state index in [2.05, 4.69) is 0 Å². The fraction of sp³-hybridized carbons (Fsp3) is 0.333. The van der Waals surface area contributed by atoms with Crippen molar-refractivity contribution in [2.75, 3.05) is 12.4 Å². The monoisotopic (exact) mass is 202 g/mol. The van der Waals surface area contributed by atoms with E-state index >= 15 is 0 Å². The molecule has 2 N–H and O–H groups in total. The van der Waals surface area contributed by atoms with E-state index in [9.17, 15) is 4.39 Å². The van der Waals surface area contributed by atoms with Crippen molar-refractivity contribution in [3.63, 3.8) is 0 Å². The first-order chi connectivity index (χ1) is 6.22. The van der Waals surface area contributed by atoms with Gasteiger partial charge >= 0.3 is 0 Å². The number of rotatable bonds is 4. The topological polar surface area (TPSA) is 40.5 Å². The number of hydrogen-bond donors (Lipinski definition) is 2. The van der Waals surface area contributed by atoms with Gasteiger partial charge < -0.3 is 10.2 Å². The van der Waals surface area contributed by atoms with Gasteiger partial charge in [-0.15, -0.1) is 11.8 Å². The van der Waals surface area contributed by atoms with Crippen LogP contribution in [0.2, 0.25) is 0 Å². The Morgan fingerprint density at radius 3 is 2.46 bits per heavy atom. The first-order valence-corrected chi connectivity index (χ1v) is 4.88. The molecule has 1 aromatic carbocycles. The van der Waals surface area contributed by atoms with E-state index in [1.807, 2.05) is 0 Å². The summed E-state index contributed by atoms with van der Waals surface area (Å²) in [6, 6.07) is 6.02. The fourth-order valence-corrected chi connectivity index (χ4v) is 1.59. The van der Waals surface area contributed by atoms with Crippen LogP contribution in [0, 0.1) is 5.82 Å². The minimum atomic E-state index is -0.713. The van der Waals surface area contributed by atoms with E-state index in [1.165, 1.54) is 23.9 Å². The molecule has 0 aliphatic heterocycles. The first-order valence-electron chi connectivity index (χ1n) is 3.89. The van der Waals surface area contributed by atoms with Gasteiger partial charge in [0.1, 0.15) is 5.82 Å². The molecule has 1 unspecified atom stereocenters. The summed E-state index contributed by atoms with van der Waals surface area (Å²) in [5, 5.41) is 17.6. The largest absolute Gasteiger partial charge is 0.394 e. The quantitative estimate of drug-likeness (QED) is 0.722. The van der Waals surface area contributed by atoms with E-state index in [0.29, 0.717) is 5.75 Å². The molecular formula is C9H11FO2S. The predicted molar refractivity (Wildman–Crippen MR) is 50.2 cm³/mol. The van der Waals surface area contributed by atoms with Crippen LogP contribution < -0.4 is 0 Å².